The molecule has 80 valence electrons. The molecule has 1 heterocycles. The van der Waals surface area contributed by atoms with E-state index in [0.29, 0.717) is 12.5 Å². The standard InChI is InChI=1S/C11H18FNS/c1-2-5-10(13-8-4-7-12)11-6-3-9-14-11/h3,6,9-10,13H,2,4-5,7-8H2,1H3. The third-order valence-corrected chi connectivity index (χ3v) is 3.15. The lowest BCUT2D eigenvalue weighted by Crippen LogP contribution is -2.21. The van der Waals surface area contributed by atoms with Gasteiger partial charge in [-0.15, -0.1) is 11.3 Å². The third-order valence-electron chi connectivity index (χ3n) is 2.17. The monoisotopic (exact) mass is 215 g/mol. The lowest BCUT2D eigenvalue weighted by molar-refractivity contribution is 0.431. The van der Waals surface area contributed by atoms with Crippen molar-refractivity contribution in [2.75, 3.05) is 13.2 Å². The summed E-state index contributed by atoms with van der Waals surface area (Å²) in [5.41, 5.74) is 0. The highest BCUT2D eigenvalue weighted by atomic mass is 32.1. The van der Waals surface area contributed by atoms with Gasteiger partial charge in [0, 0.05) is 10.9 Å². The Hall–Kier alpha value is -0.410. The highest BCUT2D eigenvalue weighted by molar-refractivity contribution is 7.10. The normalized spacial score (nSPS) is 13.0. The van der Waals surface area contributed by atoms with E-state index in [4.69, 9.17) is 0 Å². The Labute approximate surface area is 89.3 Å². The van der Waals surface area contributed by atoms with Crippen LogP contribution in [0.1, 0.15) is 37.1 Å². The minimum absolute atomic E-state index is 0.226. The van der Waals surface area contributed by atoms with Crippen LogP contribution in [0.25, 0.3) is 0 Å². The first-order chi connectivity index (χ1) is 6.88. The maximum atomic E-state index is 11.9. The van der Waals surface area contributed by atoms with Gasteiger partial charge in [-0.05, 0) is 30.8 Å². The van der Waals surface area contributed by atoms with Crippen molar-refractivity contribution in [3.63, 3.8) is 0 Å². The molecule has 1 unspecified atom stereocenters. The van der Waals surface area contributed by atoms with E-state index in [-0.39, 0.29) is 6.67 Å². The zero-order valence-corrected chi connectivity index (χ0v) is 9.45. The van der Waals surface area contributed by atoms with Gasteiger partial charge in [0.05, 0.1) is 6.67 Å². The quantitative estimate of drug-likeness (QED) is 0.686. The van der Waals surface area contributed by atoms with Gasteiger partial charge in [-0.1, -0.05) is 19.4 Å². The first-order valence-electron chi connectivity index (χ1n) is 5.21. The summed E-state index contributed by atoms with van der Waals surface area (Å²) in [6.07, 6.45) is 2.91. The van der Waals surface area contributed by atoms with E-state index in [1.54, 1.807) is 11.3 Å². The molecule has 1 atom stereocenters. The number of halogens is 1. The van der Waals surface area contributed by atoms with E-state index >= 15 is 0 Å². The van der Waals surface area contributed by atoms with Crippen molar-refractivity contribution in [3.05, 3.63) is 22.4 Å². The van der Waals surface area contributed by atoms with Crippen LogP contribution in [-0.4, -0.2) is 13.2 Å². The van der Waals surface area contributed by atoms with Crippen molar-refractivity contribution in [3.8, 4) is 0 Å². The second kappa shape index (κ2) is 6.96. The lowest BCUT2D eigenvalue weighted by atomic mass is 10.1. The van der Waals surface area contributed by atoms with Gasteiger partial charge in [0.25, 0.3) is 0 Å². The molecule has 0 amide bonds. The van der Waals surface area contributed by atoms with Crippen LogP contribution in [0.4, 0.5) is 4.39 Å². The van der Waals surface area contributed by atoms with E-state index in [2.05, 4.69) is 29.8 Å². The van der Waals surface area contributed by atoms with Gasteiger partial charge >= 0.3 is 0 Å². The zero-order valence-electron chi connectivity index (χ0n) is 8.63. The van der Waals surface area contributed by atoms with Crippen LogP contribution >= 0.6 is 11.3 Å². The van der Waals surface area contributed by atoms with Crippen molar-refractivity contribution in [2.24, 2.45) is 0 Å². The predicted molar refractivity (Wildman–Crippen MR) is 60.6 cm³/mol. The van der Waals surface area contributed by atoms with E-state index in [0.717, 1.165) is 19.4 Å². The minimum Gasteiger partial charge on any atom is -0.309 e. The number of nitrogens with one attached hydrogen (secondary N) is 1. The Morgan fingerprint density at radius 3 is 3.00 bits per heavy atom. The first kappa shape index (κ1) is 11.7. The highest BCUT2D eigenvalue weighted by Gasteiger charge is 2.09. The van der Waals surface area contributed by atoms with E-state index in [1.165, 1.54) is 4.88 Å². The van der Waals surface area contributed by atoms with Gasteiger partial charge in [0.1, 0.15) is 0 Å². The van der Waals surface area contributed by atoms with Gasteiger partial charge < -0.3 is 5.32 Å². The summed E-state index contributed by atoms with van der Waals surface area (Å²) in [7, 11) is 0. The fourth-order valence-corrected chi connectivity index (χ4v) is 2.30. The molecule has 0 aliphatic rings. The molecule has 1 aromatic rings. The second-order valence-corrected chi connectivity index (χ2v) is 4.33. The summed E-state index contributed by atoms with van der Waals surface area (Å²) in [5, 5.41) is 5.49. The van der Waals surface area contributed by atoms with Gasteiger partial charge in [0.2, 0.25) is 0 Å². The number of hydrogen-bond acceptors (Lipinski definition) is 2. The van der Waals surface area contributed by atoms with E-state index < -0.39 is 0 Å². The van der Waals surface area contributed by atoms with Gasteiger partial charge in [0.15, 0.2) is 0 Å². The summed E-state index contributed by atoms with van der Waals surface area (Å²) in [4.78, 5) is 1.37. The molecule has 1 rings (SSSR count). The molecule has 1 nitrogen and oxygen atoms in total. The molecule has 0 spiro atoms. The topological polar surface area (TPSA) is 12.0 Å². The molecule has 0 bridgehead atoms. The molecular weight excluding hydrogens is 197 g/mol. The van der Waals surface area contributed by atoms with E-state index in [1.807, 2.05) is 0 Å². The maximum Gasteiger partial charge on any atom is 0.0906 e. The van der Waals surface area contributed by atoms with Crippen LogP contribution < -0.4 is 5.32 Å². The lowest BCUT2D eigenvalue weighted by Gasteiger charge is -2.15. The number of rotatable bonds is 7. The number of thiophene rings is 1. The maximum absolute atomic E-state index is 11.9. The summed E-state index contributed by atoms with van der Waals surface area (Å²) in [5.74, 6) is 0. The number of alkyl halides is 1. The molecule has 0 fully saturated rings. The molecule has 0 radical (unpaired) electrons. The molecule has 1 aromatic heterocycles. The van der Waals surface area contributed by atoms with Crippen molar-refractivity contribution >= 4 is 11.3 Å². The Morgan fingerprint density at radius 1 is 1.57 bits per heavy atom. The van der Waals surface area contributed by atoms with Crippen molar-refractivity contribution in [1.29, 1.82) is 0 Å². The molecule has 14 heavy (non-hydrogen) atoms. The van der Waals surface area contributed by atoms with Crippen molar-refractivity contribution < 1.29 is 4.39 Å². The van der Waals surface area contributed by atoms with Gasteiger partial charge in [-0.25, -0.2) is 0 Å². The SMILES string of the molecule is CCCC(NCCCF)c1cccs1. The van der Waals surface area contributed by atoms with Crippen molar-refractivity contribution in [1.82, 2.24) is 5.32 Å². The molecule has 0 aliphatic heterocycles. The van der Waals surface area contributed by atoms with Crippen LogP contribution in [0, 0.1) is 0 Å². The van der Waals surface area contributed by atoms with Crippen LogP contribution in [0.5, 0.6) is 0 Å². The molecule has 1 N–H and O–H groups in total. The Morgan fingerprint density at radius 2 is 2.43 bits per heavy atom. The largest absolute Gasteiger partial charge is 0.309 e. The first-order valence-corrected chi connectivity index (χ1v) is 6.09. The summed E-state index contributed by atoms with van der Waals surface area (Å²) >= 11 is 1.77. The Bertz CT molecular complexity index is 223. The fraction of sp³-hybridized carbons (Fsp3) is 0.636. The average molecular weight is 215 g/mol. The number of hydrogen-bond donors (Lipinski definition) is 1. The fourth-order valence-electron chi connectivity index (χ4n) is 1.47. The van der Waals surface area contributed by atoms with Crippen LogP contribution in [0.2, 0.25) is 0 Å². The average Bonchev–Trinajstić information content (AvgIpc) is 2.70. The van der Waals surface area contributed by atoms with Crippen LogP contribution in [0.3, 0.4) is 0 Å². The van der Waals surface area contributed by atoms with E-state index in [9.17, 15) is 4.39 Å². The molecule has 3 heteroatoms. The second-order valence-electron chi connectivity index (χ2n) is 3.35. The summed E-state index contributed by atoms with van der Waals surface area (Å²) < 4.78 is 11.9. The van der Waals surface area contributed by atoms with Crippen molar-refractivity contribution in [2.45, 2.75) is 32.2 Å². The highest BCUT2D eigenvalue weighted by Crippen LogP contribution is 2.22. The Balaban J connectivity index is 2.39. The van der Waals surface area contributed by atoms with Crippen LogP contribution in [-0.2, 0) is 0 Å². The molecule has 0 saturated carbocycles. The summed E-state index contributed by atoms with van der Waals surface area (Å²) in [6, 6.07) is 4.64. The molecule has 0 aromatic carbocycles. The Kier molecular flexibility index (Phi) is 5.80. The molecular formula is C11H18FNS. The van der Waals surface area contributed by atoms with Gasteiger partial charge in [-0.3, -0.25) is 4.39 Å². The third kappa shape index (κ3) is 3.76. The van der Waals surface area contributed by atoms with Gasteiger partial charge in [-0.2, -0.15) is 0 Å². The minimum atomic E-state index is -0.226. The molecule has 0 aliphatic carbocycles. The zero-order chi connectivity index (χ0) is 10.2. The van der Waals surface area contributed by atoms with Crippen LogP contribution in [0.15, 0.2) is 17.5 Å². The molecule has 0 saturated heterocycles. The summed E-state index contributed by atoms with van der Waals surface area (Å²) in [6.45, 7) is 2.73. The predicted octanol–water partition coefficient (Wildman–Crippen LogP) is 3.54. The smallest absolute Gasteiger partial charge is 0.0906 e.